The van der Waals surface area contributed by atoms with Gasteiger partial charge in [0.15, 0.2) is 5.65 Å². The van der Waals surface area contributed by atoms with Crippen LogP contribution in [0.4, 0.5) is 26.3 Å². The standard InChI is InChI=1S/C20H17F6N5O3/c21-13-4-12(5-15(6-13)34-19(22)23)18(33)28-9-14-10-31-16(30-14)3-11(8-29-31)7-27-17(32)1-2-20(24,25)26/h3-6,8,10,19H,1-2,7,9H2,(H,27,32)(H,28,33). The molecule has 14 heteroatoms. The van der Waals surface area contributed by atoms with Crippen LogP contribution in [0.3, 0.4) is 0 Å². The Labute approximate surface area is 187 Å². The topological polar surface area (TPSA) is 97.6 Å². The van der Waals surface area contributed by atoms with Crippen molar-refractivity contribution >= 4 is 17.5 Å². The SMILES string of the molecule is O=C(CCC(F)(F)F)NCc1cnn2cc(CNC(=O)c3cc(F)cc(OC(F)F)c3)nc2c1. The number of carbonyl (C=O) groups is 2. The number of aromatic nitrogens is 3. The molecule has 1 aromatic carbocycles. The highest BCUT2D eigenvalue weighted by molar-refractivity contribution is 5.94. The molecular formula is C20H17F6N5O3. The van der Waals surface area contributed by atoms with Crippen LogP contribution in [0.1, 0.15) is 34.5 Å². The van der Waals surface area contributed by atoms with E-state index >= 15 is 0 Å². The molecule has 0 saturated heterocycles. The number of halogens is 6. The summed E-state index contributed by atoms with van der Waals surface area (Å²) < 4.78 is 80.2. The Hall–Kier alpha value is -3.84. The molecule has 2 heterocycles. The van der Waals surface area contributed by atoms with Gasteiger partial charge in [0, 0.05) is 24.6 Å². The van der Waals surface area contributed by atoms with Gasteiger partial charge in [-0.05, 0) is 23.8 Å². The lowest BCUT2D eigenvalue weighted by Crippen LogP contribution is -2.24. The fraction of sp³-hybridized carbons (Fsp3) is 0.300. The third-order valence-corrected chi connectivity index (χ3v) is 4.34. The number of carbonyl (C=O) groups excluding carboxylic acids is 2. The molecular weight excluding hydrogens is 472 g/mol. The van der Waals surface area contributed by atoms with Gasteiger partial charge in [-0.3, -0.25) is 9.59 Å². The molecule has 0 radical (unpaired) electrons. The van der Waals surface area contributed by atoms with Gasteiger partial charge in [0.1, 0.15) is 11.6 Å². The molecule has 3 aromatic rings. The first-order valence-electron chi connectivity index (χ1n) is 9.69. The molecule has 0 atom stereocenters. The highest BCUT2D eigenvalue weighted by Gasteiger charge is 2.27. The number of rotatable bonds is 9. The minimum Gasteiger partial charge on any atom is -0.435 e. The maximum absolute atomic E-state index is 13.6. The summed E-state index contributed by atoms with van der Waals surface area (Å²) in [7, 11) is 0. The Morgan fingerprint density at radius 1 is 1.09 bits per heavy atom. The molecule has 2 amide bonds. The quantitative estimate of drug-likeness (QED) is 0.450. The summed E-state index contributed by atoms with van der Waals surface area (Å²) in [6.07, 6.45) is -3.46. The zero-order chi connectivity index (χ0) is 24.9. The predicted molar refractivity (Wildman–Crippen MR) is 104 cm³/mol. The Morgan fingerprint density at radius 3 is 2.56 bits per heavy atom. The van der Waals surface area contributed by atoms with Gasteiger partial charge in [-0.2, -0.15) is 27.1 Å². The van der Waals surface area contributed by atoms with E-state index in [1.165, 1.54) is 16.9 Å². The van der Waals surface area contributed by atoms with Crippen molar-refractivity contribution in [3.63, 3.8) is 0 Å². The zero-order valence-electron chi connectivity index (χ0n) is 17.2. The molecule has 0 aliphatic carbocycles. The summed E-state index contributed by atoms with van der Waals surface area (Å²) in [6.45, 7) is -3.34. The van der Waals surface area contributed by atoms with Crippen LogP contribution in [-0.4, -0.2) is 39.2 Å². The maximum Gasteiger partial charge on any atom is 0.389 e. The summed E-state index contributed by atoms with van der Waals surface area (Å²) in [5, 5.41) is 8.90. The molecule has 3 rings (SSSR count). The average Bonchev–Trinajstić information content (AvgIpc) is 3.15. The number of alkyl halides is 5. The second-order valence-electron chi connectivity index (χ2n) is 7.03. The molecule has 0 bridgehead atoms. The van der Waals surface area contributed by atoms with Crippen molar-refractivity contribution in [2.75, 3.05) is 0 Å². The Morgan fingerprint density at radius 2 is 1.85 bits per heavy atom. The molecule has 182 valence electrons. The minimum absolute atomic E-state index is 0.0539. The van der Waals surface area contributed by atoms with Crippen molar-refractivity contribution in [3.8, 4) is 5.75 Å². The predicted octanol–water partition coefficient (Wildman–Crippen LogP) is 3.36. The second kappa shape index (κ2) is 10.4. The highest BCUT2D eigenvalue weighted by Crippen LogP contribution is 2.21. The van der Waals surface area contributed by atoms with Gasteiger partial charge in [-0.1, -0.05) is 0 Å². The first kappa shape index (κ1) is 24.8. The van der Waals surface area contributed by atoms with Crippen molar-refractivity contribution < 1.29 is 40.7 Å². The van der Waals surface area contributed by atoms with Gasteiger partial charge >= 0.3 is 12.8 Å². The number of imidazole rings is 1. The van der Waals surface area contributed by atoms with Crippen LogP contribution in [0.15, 0.2) is 36.7 Å². The molecule has 8 nitrogen and oxygen atoms in total. The summed E-state index contributed by atoms with van der Waals surface area (Å²) in [5.41, 5.74) is 0.943. The lowest BCUT2D eigenvalue weighted by atomic mass is 10.2. The third kappa shape index (κ3) is 7.35. The van der Waals surface area contributed by atoms with E-state index in [0.717, 1.165) is 12.1 Å². The summed E-state index contributed by atoms with van der Waals surface area (Å²) in [6, 6.07) is 4.08. The number of hydrogen-bond acceptors (Lipinski definition) is 5. The van der Waals surface area contributed by atoms with Gasteiger partial charge in [-0.25, -0.2) is 13.9 Å². The first-order valence-corrected chi connectivity index (χ1v) is 9.69. The average molecular weight is 489 g/mol. The van der Waals surface area contributed by atoms with Crippen molar-refractivity contribution in [2.24, 2.45) is 0 Å². The van der Waals surface area contributed by atoms with E-state index in [2.05, 4.69) is 25.5 Å². The lowest BCUT2D eigenvalue weighted by Gasteiger charge is -2.08. The number of benzene rings is 1. The van der Waals surface area contributed by atoms with Gasteiger partial charge < -0.3 is 15.4 Å². The largest absolute Gasteiger partial charge is 0.435 e. The highest BCUT2D eigenvalue weighted by atomic mass is 19.4. The van der Waals surface area contributed by atoms with E-state index in [4.69, 9.17) is 0 Å². The van der Waals surface area contributed by atoms with Crippen molar-refractivity contribution in [1.29, 1.82) is 0 Å². The lowest BCUT2D eigenvalue weighted by molar-refractivity contribution is -0.144. The molecule has 0 spiro atoms. The van der Waals surface area contributed by atoms with Crippen LogP contribution in [0.25, 0.3) is 5.65 Å². The van der Waals surface area contributed by atoms with Crippen LogP contribution in [0, 0.1) is 5.82 Å². The van der Waals surface area contributed by atoms with Crippen LogP contribution >= 0.6 is 0 Å². The molecule has 0 unspecified atom stereocenters. The molecule has 0 aliphatic heterocycles. The number of fused-ring (bicyclic) bond motifs is 1. The van der Waals surface area contributed by atoms with Gasteiger partial charge in [-0.15, -0.1) is 0 Å². The molecule has 2 aromatic heterocycles. The smallest absolute Gasteiger partial charge is 0.389 e. The van der Waals surface area contributed by atoms with Gasteiger partial charge in [0.25, 0.3) is 5.91 Å². The summed E-state index contributed by atoms with van der Waals surface area (Å²) >= 11 is 0. The van der Waals surface area contributed by atoms with E-state index in [9.17, 15) is 35.9 Å². The number of hydrogen-bond donors (Lipinski definition) is 2. The van der Waals surface area contributed by atoms with Crippen LogP contribution in [0.2, 0.25) is 0 Å². The Kier molecular flexibility index (Phi) is 7.58. The Balaban J connectivity index is 1.58. The zero-order valence-corrected chi connectivity index (χ0v) is 17.2. The number of nitrogens with zero attached hydrogens (tertiary/aromatic N) is 3. The van der Waals surface area contributed by atoms with E-state index in [1.807, 2.05) is 0 Å². The maximum atomic E-state index is 13.6. The van der Waals surface area contributed by atoms with E-state index in [0.29, 0.717) is 23.0 Å². The van der Waals surface area contributed by atoms with E-state index in [1.54, 1.807) is 6.07 Å². The van der Waals surface area contributed by atoms with Crippen LogP contribution < -0.4 is 15.4 Å². The fourth-order valence-electron chi connectivity index (χ4n) is 2.83. The monoisotopic (exact) mass is 489 g/mol. The molecule has 0 saturated carbocycles. The first-order chi connectivity index (χ1) is 16.0. The van der Waals surface area contributed by atoms with Crippen LogP contribution in [-0.2, 0) is 17.9 Å². The normalized spacial score (nSPS) is 11.6. The second-order valence-corrected chi connectivity index (χ2v) is 7.03. The van der Waals surface area contributed by atoms with E-state index < -0.39 is 49.0 Å². The van der Waals surface area contributed by atoms with Gasteiger partial charge in [0.05, 0.1) is 31.1 Å². The number of nitrogens with one attached hydrogen (secondary N) is 2. The van der Waals surface area contributed by atoms with Crippen molar-refractivity contribution in [3.05, 3.63) is 59.3 Å². The molecule has 0 aliphatic rings. The van der Waals surface area contributed by atoms with Crippen molar-refractivity contribution in [1.82, 2.24) is 25.2 Å². The van der Waals surface area contributed by atoms with Crippen molar-refractivity contribution in [2.45, 2.75) is 38.7 Å². The minimum atomic E-state index is -4.42. The van der Waals surface area contributed by atoms with Gasteiger partial charge in [0.2, 0.25) is 5.91 Å². The number of ether oxygens (including phenoxy) is 1. The molecule has 2 N–H and O–H groups in total. The molecule has 34 heavy (non-hydrogen) atoms. The third-order valence-electron chi connectivity index (χ3n) is 4.34. The molecule has 0 fully saturated rings. The van der Waals surface area contributed by atoms with Crippen LogP contribution in [0.5, 0.6) is 5.75 Å². The summed E-state index contributed by atoms with van der Waals surface area (Å²) in [5.74, 6) is -2.96. The van der Waals surface area contributed by atoms with E-state index in [-0.39, 0.29) is 18.7 Å². The number of amides is 2. The summed E-state index contributed by atoms with van der Waals surface area (Å²) in [4.78, 5) is 28.0. The fourth-order valence-corrected chi connectivity index (χ4v) is 2.83. The Bertz CT molecular complexity index is 1180.